The van der Waals surface area contributed by atoms with Crippen molar-refractivity contribution in [3.8, 4) is 0 Å². The van der Waals surface area contributed by atoms with Crippen molar-refractivity contribution in [1.29, 1.82) is 0 Å². The third-order valence-electron chi connectivity index (χ3n) is 2.07. The number of thiazole rings is 1. The molecular formula is C9H11N5O3S. The summed E-state index contributed by atoms with van der Waals surface area (Å²) < 4.78 is 4.81. The number of anilines is 1. The maximum atomic E-state index is 10.7. The van der Waals surface area contributed by atoms with Crippen molar-refractivity contribution in [2.75, 3.05) is 5.32 Å². The van der Waals surface area contributed by atoms with Crippen molar-refractivity contribution in [2.24, 2.45) is 5.73 Å². The zero-order chi connectivity index (χ0) is 13.1. The van der Waals surface area contributed by atoms with E-state index in [4.69, 9.17) is 15.4 Å². The van der Waals surface area contributed by atoms with Crippen molar-refractivity contribution >= 4 is 22.4 Å². The fourth-order valence-corrected chi connectivity index (χ4v) is 1.95. The molecule has 0 aliphatic heterocycles. The Hall–Kier alpha value is -2.00. The number of nitrogens with zero attached hydrogens (tertiary/aromatic N) is 3. The van der Waals surface area contributed by atoms with E-state index in [0.29, 0.717) is 29.1 Å². The normalized spacial score (nSPS) is 12.3. The van der Waals surface area contributed by atoms with Gasteiger partial charge in [0.2, 0.25) is 5.89 Å². The first kappa shape index (κ1) is 12.5. The van der Waals surface area contributed by atoms with Gasteiger partial charge < -0.3 is 20.7 Å². The van der Waals surface area contributed by atoms with E-state index in [1.54, 1.807) is 12.3 Å². The smallest absolute Gasteiger partial charge is 0.326 e. The summed E-state index contributed by atoms with van der Waals surface area (Å²) in [6, 6.07) is -1.11. The monoisotopic (exact) mass is 269 g/mol. The van der Waals surface area contributed by atoms with E-state index in [0.717, 1.165) is 0 Å². The molecular weight excluding hydrogens is 258 g/mol. The van der Waals surface area contributed by atoms with Crippen LogP contribution >= 0.6 is 11.3 Å². The van der Waals surface area contributed by atoms with Crippen molar-refractivity contribution < 1.29 is 14.4 Å². The van der Waals surface area contributed by atoms with Crippen molar-refractivity contribution in [3.05, 3.63) is 22.8 Å². The molecule has 0 aliphatic carbocycles. The molecule has 4 N–H and O–H groups in total. The summed E-state index contributed by atoms with van der Waals surface area (Å²) in [6.07, 6.45) is 0. The number of hydrogen-bond acceptors (Lipinski definition) is 8. The molecule has 18 heavy (non-hydrogen) atoms. The van der Waals surface area contributed by atoms with Crippen LogP contribution in [0, 0.1) is 6.92 Å². The summed E-state index contributed by atoms with van der Waals surface area (Å²) in [4.78, 5) is 18.8. The van der Waals surface area contributed by atoms with E-state index >= 15 is 0 Å². The first-order valence-corrected chi connectivity index (χ1v) is 5.91. The van der Waals surface area contributed by atoms with Crippen molar-refractivity contribution in [3.63, 3.8) is 0 Å². The van der Waals surface area contributed by atoms with Gasteiger partial charge in [-0.1, -0.05) is 5.16 Å². The maximum Gasteiger partial charge on any atom is 0.326 e. The van der Waals surface area contributed by atoms with Gasteiger partial charge in [-0.3, -0.25) is 4.79 Å². The van der Waals surface area contributed by atoms with Gasteiger partial charge in [-0.2, -0.15) is 4.98 Å². The van der Waals surface area contributed by atoms with E-state index in [1.807, 2.05) is 0 Å². The Labute approximate surface area is 106 Å². The van der Waals surface area contributed by atoms with Crippen LogP contribution in [0.25, 0.3) is 0 Å². The molecule has 2 heterocycles. The molecule has 0 aliphatic rings. The summed E-state index contributed by atoms with van der Waals surface area (Å²) >= 11 is 1.27. The Morgan fingerprint density at radius 3 is 3.06 bits per heavy atom. The molecule has 1 atom stereocenters. The van der Waals surface area contributed by atoms with Gasteiger partial charge in [0, 0.05) is 12.3 Å². The van der Waals surface area contributed by atoms with E-state index in [9.17, 15) is 4.79 Å². The highest BCUT2D eigenvalue weighted by molar-refractivity contribution is 7.13. The lowest BCUT2D eigenvalue weighted by Crippen LogP contribution is -2.20. The molecule has 0 radical (unpaired) electrons. The van der Waals surface area contributed by atoms with Gasteiger partial charge >= 0.3 is 5.97 Å². The number of carbonyl (C=O) groups is 1. The standard InChI is InChI=1S/C9H11N5O3S/c1-4-12-6(14-17-4)2-11-9-13-5(3-18-9)7(10)8(15)16/h3,7H,2,10H2,1H3,(H,11,13)(H,15,16). The molecule has 0 fully saturated rings. The molecule has 2 aromatic rings. The SMILES string of the molecule is Cc1nc(CNc2nc(C(N)C(=O)O)cs2)no1. The summed E-state index contributed by atoms with van der Waals surface area (Å²) in [7, 11) is 0. The Morgan fingerprint density at radius 2 is 2.44 bits per heavy atom. The Kier molecular flexibility index (Phi) is 3.53. The average Bonchev–Trinajstić information content (AvgIpc) is 2.94. The van der Waals surface area contributed by atoms with Crippen LogP contribution in [0.3, 0.4) is 0 Å². The first-order chi connectivity index (χ1) is 8.56. The van der Waals surface area contributed by atoms with Gasteiger partial charge in [0.1, 0.15) is 6.04 Å². The number of aliphatic carboxylic acids is 1. The second-order valence-electron chi connectivity index (χ2n) is 3.48. The van der Waals surface area contributed by atoms with Crippen LogP contribution in [0.2, 0.25) is 0 Å². The molecule has 0 saturated heterocycles. The predicted molar refractivity (Wildman–Crippen MR) is 63.0 cm³/mol. The van der Waals surface area contributed by atoms with Crippen LogP contribution in [-0.4, -0.2) is 26.2 Å². The Bertz CT molecular complexity index is 552. The number of nitrogens with one attached hydrogen (secondary N) is 1. The largest absolute Gasteiger partial charge is 0.480 e. The van der Waals surface area contributed by atoms with E-state index < -0.39 is 12.0 Å². The molecule has 9 heteroatoms. The number of hydrogen-bond donors (Lipinski definition) is 3. The summed E-state index contributed by atoms with van der Waals surface area (Å²) in [5, 5.41) is 17.6. The third kappa shape index (κ3) is 2.81. The van der Waals surface area contributed by atoms with Gasteiger partial charge in [0.05, 0.1) is 12.2 Å². The number of carboxylic acid groups (broad SMARTS) is 1. The van der Waals surface area contributed by atoms with E-state index in [-0.39, 0.29) is 0 Å². The molecule has 96 valence electrons. The highest BCUT2D eigenvalue weighted by atomic mass is 32.1. The summed E-state index contributed by atoms with van der Waals surface area (Å²) in [5.74, 6) is -0.119. The van der Waals surface area contributed by atoms with Gasteiger partial charge in [-0.25, -0.2) is 4.98 Å². The molecule has 2 aromatic heterocycles. The molecule has 0 spiro atoms. The number of carboxylic acids is 1. The highest BCUT2D eigenvalue weighted by Crippen LogP contribution is 2.20. The van der Waals surface area contributed by atoms with Gasteiger partial charge in [0.15, 0.2) is 11.0 Å². The van der Waals surface area contributed by atoms with Crippen LogP contribution in [0.15, 0.2) is 9.90 Å². The Balaban J connectivity index is 1.96. The topological polar surface area (TPSA) is 127 Å². The lowest BCUT2D eigenvalue weighted by Gasteiger charge is -2.01. The van der Waals surface area contributed by atoms with Crippen molar-refractivity contribution in [2.45, 2.75) is 19.5 Å². The Morgan fingerprint density at radius 1 is 1.67 bits per heavy atom. The van der Waals surface area contributed by atoms with Crippen LogP contribution in [0.1, 0.15) is 23.5 Å². The van der Waals surface area contributed by atoms with Crippen LogP contribution in [0.5, 0.6) is 0 Å². The maximum absolute atomic E-state index is 10.7. The lowest BCUT2D eigenvalue weighted by atomic mass is 10.2. The molecule has 0 saturated carbocycles. The summed E-state index contributed by atoms with van der Waals surface area (Å²) in [5.41, 5.74) is 5.76. The molecule has 2 rings (SSSR count). The zero-order valence-corrected chi connectivity index (χ0v) is 10.3. The molecule has 1 unspecified atom stereocenters. The fraction of sp³-hybridized carbons (Fsp3) is 0.333. The van der Waals surface area contributed by atoms with Crippen LogP contribution in [-0.2, 0) is 11.3 Å². The second-order valence-corrected chi connectivity index (χ2v) is 4.33. The lowest BCUT2D eigenvalue weighted by molar-refractivity contribution is -0.138. The quantitative estimate of drug-likeness (QED) is 0.717. The second kappa shape index (κ2) is 5.10. The molecule has 0 amide bonds. The molecule has 0 aromatic carbocycles. The number of nitrogens with two attached hydrogens (primary N) is 1. The van der Waals surface area contributed by atoms with E-state index in [2.05, 4.69) is 20.4 Å². The number of aromatic nitrogens is 3. The van der Waals surface area contributed by atoms with Gasteiger partial charge in [-0.05, 0) is 0 Å². The van der Waals surface area contributed by atoms with Crippen molar-refractivity contribution in [1.82, 2.24) is 15.1 Å². The van der Waals surface area contributed by atoms with E-state index in [1.165, 1.54) is 11.3 Å². The molecule has 8 nitrogen and oxygen atoms in total. The third-order valence-corrected chi connectivity index (χ3v) is 2.89. The predicted octanol–water partition coefficient (Wildman–Crippen LogP) is 0.531. The van der Waals surface area contributed by atoms with Gasteiger partial charge in [-0.15, -0.1) is 11.3 Å². The number of rotatable bonds is 5. The van der Waals surface area contributed by atoms with Crippen LogP contribution < -0.4 is 11.1 Å². The minimum absolute atomic E-state index is 0.319. The molecule has 0 bridgehead atoms. The average molecular weight is 269 g/mol. The van der Waals surface area contributed by atoms with Crippen LogP contribution in [0.4, 0.5) is 5.13 Å². The fourth-order valence-electron chi connectivity index (χ4n) is 1.20. The zero-order valence-electron chi connectivity index (χ0n) is 9.45. The minimum atomic E-state index is -1.11. The summed E-state index contributed by atoms with van der Waals surface area (Å²) in [6.45, 7) is 2.05. The van der Waals surface area contributed by atoms with Gasteiger partial charge in [0.25, 0.3) is 0 Å². The highest BCUT2D eigenvalue weighted by Gasteiger charge is 2.17. The first-order valence-electron chi connectivity index (χ1n) is 5.03. The number of aryl methyl sites for hydroxylation is 1. The minimum Gasteiger partial charge on any atom is -0.480 e.